The van der Waals surface area contributed by atoms with Crippen LogP contribution in [-0.4, -0.2) is 22.6 Å². The molecule has 0 aliphatic rings. The van der Waals surface area contributed by atoms with Crippen molar-refractivity contribution in [3.05, 3.63) is 88.6 Å². The van der Waals surface area contributed by atoms with E-state index in [2.05, 4.69) is 10.3 Å². The monoisotopic (exact) mass is 335 g/mol. The van der Waals surface area contributed by atoms with Gasteiger partial charge in [-0.1, -0.05) is 6.07 Å². The Labute approximate surface area is 144 Å². The molecule has 0 spiro atoms. The van der Waals surface area contributed by atoms with Crippen LogP contribution in [0.5, 0.6) is 0 Å². The van der Waals surface area contributed by atoms with E-state index in [1.165, 1.54) is 10.6 Å². The summed E-state index contributed by atoms with van der Waals surface area (Å²) in [4.78, 5) is 28.5. The van der Waals surface area contributed by atoms with E-state index in [1.807, 2.05) is 0 Å². The van der Waals surface area contributed by atoms with Gasteiger partial charge in [0.1, 0.15) is 0 Å². The summed E-state index contributed by atoms with van der Waals surface area (Å²) in [5, 5.41) is 2.83. The Kier molecular flexibility index (Phi) is 5.01. The van der Waals surface area contributed by atoms with Crippen molar-refractivity contribution in [3.8, 4) is 5.69 Å². The van der Waals surface area contributed by atoms with Crippen LogP contribution in [0, 0.1) is 0 Å². The lowest BCUT2D eigenvalue weighted by Crippen LogP contribution is -2.16. The fourth-order valence-corrected chi connectivity index (χ4v) is 2.41. The summed E-state index contributed by atoms with van der Waals surface area (Å²) in [6, 6.07) is 15.3. The van der Waals surface area contributed by atoms with Crippen molar-refractivity contribution in [2.24, 2.45) is 0 Å². The highest BCUT2D eigenvalue weighted by molar-refractivity contribution is 6.04. The van der Waals surface area contributed by atoms with Gasteiger partial charge < -0.3 is 10.1 Å². The average molecular weight is 335 g/mol. The summed E-state index contributed by atoms with van der Waals surface area (Å²) >= 11 is 0. The topological polar surface area (TPSA) is 73.2 Å². The van der Waals surface area contributed by atoms with Gasteiger partial charge in [0, 0.05) is 36.8 Å². The standard InChI is InChI=1S/C19H17N3O3/c1-25-13-17-16(5-4-11-20-17)21-19(24)14-7-9-15(10-8-14)22-12-3-2-6-18(22)23/h2-12H,13H2,1H3,(H,21,24). The number of carbonyl (C=O) groups is 1. The highest BCUT2D eigenvalue weighted by atomic mass is 16.5. The first-order valence-corrected chi connectivity index (χ1v) is 7.71. The summed E-state index contributed by atoms with van der Waals surface area (Å²) in [7, 11) is 1.57. The summed E-state index contributed by atoms with van der Waals surface area (Å²) in [6.07, 6.45) is 3.33. The highest BCUT2D eigenvalue weighted by Crippen LogP contribution is 2.15. The molecule has 2 aromatic heterocycles. The third kappa shape index (κ3) is 3.81. The SMILES string of the molecule is COCc1ncccc1NC(=O)c1ccc(-n2ccccc2=O)cc1. The first-order valence-electron chi connectivity index (χ1n) is 7.71. The van der Waals surface area contributed by atoms with Crippen LogP contribution in [0.25, 0.3) is 5.69 Å². The largest absolute Gasteiger partial charge is 0.378 e. The molecule has 1 amide bonds. The first-order chi connectivity index (χ1) is 12.2. The van der Waals surface area contributed by atoms with Crippen molar-refractivity contribution >= 4 is 11.6 Å². The normalized spacial score (nSPS) is 10.4. The number of pyridine rings is 2. The molecule has 6 heteroatoms. The third-order valence-electron chi connectivity index (χ3n) is 3.65. The number of aromatic nitrogens is 2. The van der Waals surface area contributed by atoms with Crippen LogP contribution in [0.15, 0.2) is 71.8 Å². The Morgan fingerprint density at radius 2 is 1.92 bits per heavy atom. The zero-order valence-corrected chi connectivity index (χ0v) is 13.7. The second-order valence-electron chi connectivity index (χ2n) is 5.34. The van der Waals surface area contributed by atoms with Gasteiger partial charge in [0.05, 0.1) is 18.0 Å². The molecule has 1 N–H and O–H groups in total. The zero-order valence-electron chi connectivity index (χ0n) is 13.7. The quantitative estimate of drug-likeness (QED) is 0.778. The molecule has 0 unspecified atom stereocenters. The van der Waals surface area contributed by atoms with Gasteiger partial charge in [-0.05, 0) is 42.5 Å². The molecule has 1 aromatic carbocycles. The van der Waals surface area contributed by atoms with Crippen LogP contribution in [0.3, 0.4) is 0 Å². The van der Waals surface area contributed by atoms with Crippen LogP contribution in [0.2, 0.25) is 0 Å². The molecule has 0 atom stereocenters. The fourth-order valence-electron chi connectivity index (χ4n) is 2.41. The number of hydrogen-bond acceptors (Lipinski definition) is 4. The maximum absolute atomic E-state index is 12.4. The van der Waals surface area contributed by atoms with Gasteiger partial charge in [-0.2, -0.15) is 0 Å². The molecular weight excluding hydrogens is 318 g/mol. The van der Waals surface area contributed by atoms with Crippen LogP contribution >= 0.6 is 0 Å². The fraction of sp³-hybridized carbons (Fsp3) is 0.105. The van der Waals surface area contributed by atoms with Gasteiger partial charge >= 0.3 is 0 Å². The molecule has 2 heterocycles. The van der Waals surface area contributed by atoms with Crippen molar-refractivity contribution in [1.82, 2.24) is 9.55 Å². The van der Waals surface area contributed by atoms with Crippen LogP contribution in [0.4, 0.5) is 5.69 Å². The lowest BCUT2D eigenvalue weighted by molar-refractivity contribution is 0.102. The number of hydrogen-bond donors (Lipinski definition) is 1. The van der Waals surface area contributed by atoms with E-state index in [4.69, 9.17) is 4.74 Å². The number of nitrogens with one attached hydrogen (secondary N) is 1. The molecule has 0 saturated carbocycles. The molecule has 0 fully saturated rings. The number of benzene rings is 1. The molecule has 126 valence electrons. The minimum Gasteiger partial charge on any atom is -0.378 e. The number of methoxy groups -OCH3 is 1. The minimum atomic E-state index is -0.252. The van der Waals surface area contributed by atoms with Crippen LogP contribution in [0.1, 0.15) is 16.1 Å². The first kappa shape index (κ1) is 16.6. The molecule has 0 radical (unpaired) electrons. The van der Waals surface area contributed by atoms with Crippen molar-refractivity contribution in [2.75, 3.05) is 12.4 Å². The third-order valence-corrected chi connectivity index (χ3v) is 3.65. The van der Waals surface area contributed by atoms with Crippen molar-refractivity contribution in [3.63, 3.8) is 0 Å². The number of anilines is 1. The summed E-state index contributed by atoms with van der Waals surface area (Å²) < 4.78 is 6.60. The van der Waals surface area contributed by atoms with E-state index in [0.717, 1.165) is 0 Å². The minimum absolute atomic E-state index is 0.126. The summed E-state index contributed by atoms with van der Waals surface area (Å²) in [5.74, 6) is -0.252. The number of amides is 1. The van der Waals surface area contributed by atoms with Crippen LogP contribution in [-0.2, 0) is 11.3 Å². The number of nitrogens with zero attached hydrogens (tertiary/aromatic N) is 2. The van der Waals surface area contributed by atoms with E-state index in [1.54, 1.807) is 68.0 Å². The Hall–Kier alpha value is -3.25. The Morgan fingerprint density at radius 3 is 2.64 bits per heavy atom. The van der Waals surface area contributed by atoms with Gasteiger partial charge in [-0.15, -0.1) is 0 Å². The van der Waals surface area contributed by atoms with Gasteiger partial charge in [0.15, 0.2) is 0 Å². The summed E-state index contributed by atoms with van der Waals surface area (Å²) in [6.45, 7) is 0.312. The molecule has 0 aliphatic heterocycles. The molecular formula is C19H17N3O3. The Bertz CT molecular complexity index is 933. The molecule has 25 heavy (non-hydrogen) atoms. The van der Waals surface area contributed by atoms with Gasteiger partial charge in [0.2, 0.25) is 0 Å². The second kappa shape index (κ2) is 7.55. The lowest BCUT2D eigenvalue weighted by Gasteiger charge is -2.10. The maximum Gasteiger partial charge on any atom is 0.255 e. The lowest BCUT2D eigenvalue weighted by atomic mass is 10.2. The number of carbonyl (C=O) groups excluding carboxylic acids is 1. The second-order valence-corrected chi connectivity index (χ2v) is 5.34. The molecule has 3 rings (SSSR count). The van der Waals surface area contributed by atoms with Gasteiger partial charge in [-0.3, -0.25) is 19.1 Å². The van der Waals surface area contributed by atoms with Crippen molar-refractivity contribution < 1.29 is 9.53 Å². The Morgan fingerprint density at radius 1 is 1.12 bits per heavy atom. The molecule has 0 aliphatic carbocycles. The molecule has 0 saturated heterocycles. The predicted octanol–water partition coefficient (Wildman–Crippen LogP) is 2.63. The molecule has 0 bridgehead atoms. The maximum atomic E-state index is 12.4. The van der Waals surface area contributed by atoms with E-state index >= 15 is 0 Å². The zero-order chi connectivity index (χ0) is 17.6. The highest BCUT2D eigenvalue weighted by Gasteiger charge is 2.10. The van der Waals surface area contributed by atoms with E-state index in [-0.39, 0.29) is 11.5 Å². The van der Waals surface area contributed by atoms with Gasteiger partial charge in [0.25, 0.3) is 11.5 Å². The van der Waals surface area contributed by atoms with Crippen molar-refractivity contribution in [1.29, 1.82) is 0 Å². The average Bonchev–Trinajstić information content (AvgIpc) is 2.64. The predicted molar refractivity (Wildman–Crippen MR) is 94.9 cm³/mol. The smallest absolute Gasteiger partial charge is 0.255 e. The summed E-state index contributed by atoms with van der Waals surface area (Å²) in [5.41, 5.74) is 2.33. The molecule has 6 nitrogen and oxygen atoms in total. The van der Waals surface area contributed by atoms with Crippen molar-refractivity contribution in [2.45, 2.75) is 6.61 Å². The van der Waals surface area contributed by atoms with Gasteiger partial charge in [-0.25, -0.2) is 0 Å². The van der Waals surface area contributed by atoms with E-state index < -0.39 is 0 Å². The van der Waals surface area contributed by atoms with E-state index in [9.17, 15) is 9.59 Å². The van der Waals surface area contributed by atoms with Crippen LogP contribution < -0.4 is 10.9 Å². The molecule has 3 aromatic rings. The Balaban J connectivity index is 1.80. The number of ether oxygens (including phenoxy) is 1. The number of rotatable bonds is 5. The van der Waals surface area contributed by atoms with E-state index in [0.29, 0.717) is 29.2 Å².